The molecule has 0 aliphatic heterocycles. The van der Waals surface area contributed by atoms with Gasteiger partial charge in [0.25, 0.3) is 0 Å². The lowest BCUT2D eigenvalue weighted by Crippen LogP contribution is -2.65. The minimum atomic E-state index is -0.720. The molecule has 0 aromatic carbocycles. The number of Topliss-reactive ketones (excluding diaryl/α,β-unsaturated/α-hetero) is 1. The number of ether oxygens (including phenoxy) is 1. The predicted molar refractivity (Wildman–Crippen MR) is 107 cm³/mol. The van der Waals surface area contributed by atoms with E-state index in [0.29, 0.717) is 24.7 Å². The first-order valence-corrected chi connectivity index (χ1v) is 11.2. The van der Waals surface area contributed by atoms with E-state index in [1.54, 1.807) is 20.8 Å². The van der Waals surface area contributed by atoms with Crippen molar-refractivity contribution in [3.8, 4) is 6.07 Å². The van der Waals surface area contributed by atoms with Gasteiger partial charge in [0.05, 0.1) is 23.6 Å². The van der Waals surface area contributed by atoms with Crippen molar-refractivity contribution >= 4 is 11.9 Å². The van der Waals surface area contributed by atoms with E-state index < -0.39 is 28.8 Å². The number of ketones is 1. The fourth-order valence-corrected chi connectivity index (χ4v) is 7.24. The summed E-state index contributed by atoms with van der Waals surface area (Å²) >= 11 is 0. The molecule has 6 nitrogen and oxygen atoms in total. The van der Waals surface area contributed by atoms with Gasteiger partial charge in [-0.25, -0.2) is 4.79 Å². The van der Waals surface area contributed by atoms with E-state index in [-0.39, 0.29) is 17.6 Å². The van der Waals surface area contributed by atoms with Crippen LogP contribution in [-0.2, 0) is 9.53 Å². The number of hydrogen-bond acceptors (Lipinski definition) is 5. The van der Waals surface area contributed by atoms with Crippen LogP contribution >= 0.6 is 0 Å². The molecule has 0 radical (unpaired) electrons. The Hall–Kier alpha value is -1.61. The van der Waals surface area contributed by atoms with Gasteiger partial charge in [-0.2, -0.15) is 5.26 Å². The molecule has 5 aliphatic carbocycles. The van der Waals surface area contributed by atoms with Crippen molar-refractivity contribution in [3.05, 3.63) is 0 Å². The van der Waals surface area contributed by atoms with Gasteiger partial charge in [-0.05, 0) is 84.0 Å². The van der Waals surface area contributed by atoms with Crippen molar-refractivity contribution in [3.63, 3.8) is 0 Å². The summed E-state index contributed by atoms with van der Waals surface area (Å²) in [4.78, 5) is 26.4. The highest BCUT2D eigenvalue weighted by atomic mass is 16.6. The summed E-state index contributed by atoms with van der Waals surface area (Å²) in [7, 11) is 0. The number of nitriles is 1. The van der Waals surface area contributed by atoms with Crippen LogP contribution in [0.2, 0.25) is 0 Å². The summed E-state index contributed by atoms with van der Waals surface area (Å²) in [5.41, 5.74) is -1.79. The Morgan fingerprint density at radius 3 is 2.38 bits per heavy atom. The average molecular weight is 403 g/mol. The molecule has 160 valence electrons. The standard InChI is InChI=1S/C23H34N2O4/c1-21(2,3)29-20(27)25-19(18(26)17-6-4-5-16(17)12-24)22-8-14-7-15(9-22)11-23(28,10-14)13-22/h14-17,19,28H,4-11,13H2,1-3H3,(H,25,27)/t14?,15?,16-,17?,19?,22?,23?/m0/s1. The van der Waals surface area contributed by atoms with E-state index in [9.17, 15) is 20.0 Å². The van der Waals surface area contributed by atoms with Crippen LogP contribution in [-0.4, -0.2) is 34.2 Å². The van der Waals surface area contributed by atoms with Gasteiger partial charge in [0.2, 0.25) is 0 Å². The van der Waals surface area contributed by atoms with E-state index in [1.165, 1.54) is 0 Å². The number of alkyl carbamates (subject to hydrolysis) is 1. The van der Waals surface area contributed by atoms with Crippen molar-refractivity contribution in [1.29, 1.82) is 5.26 Å². The number of amides is 1. The Bertz CT molecular complexity index is 720. The summed E-state index contributed by atoms with van der Waals surface area (Å²) in [6.07, 6.45) is 6.76. The molecule has 1 amide bonds. The zero-order valence-electron chi connectivity index (χ0n) is 17.9. The highest BCUT2D eigenvalue weighted by Gasteiger charge is 2.62. The van der Waals surface area contributed by atoms with Crippen LogP contribution in [0.3, 0.4) is 0 Å². The molecule has 29 heavy (non-hydrogen) atoms. The molecular formula is C23H34N2O4. The van der Waals surface area contributed by atoms with Crippen molar-refractivity contribution in [1.82, 2.24) is 5.32 Å². The molecule has 0 aromatic heterocycles. The molecule has 0 heterocycles. The van der Waals surface area contributed by atoms with Gasteiger partial charge in [0.1, 0.15) is 5.60 Å². The second-order valence-corrected chi connectivity index (χ2v) is 11.3. The molecule has 5 aliphatic rings. The number of nitrogens with one attached hydrogen (secondary N) is 1. The third kappa shape index (κ3) is 3.91. The lowest BCUT2D eigenvalue weighted by Gasteiger charge is -2.62. The quantitative estimate of drug-likeness (QED) is 0.746. The molecule has 4 unspecified atom stereocenters. The largest absolute Gasteiger partial charge is 0.444 e. The zero-order chi connectivity index (χ0) is 21.0. The van der Waals surface area contributed by atoms with Crippen LogP contribution in [0.25, 0.3) is 0 Å². The zero-order valence-corrected chi connectivity index (χ0v) is 17.9. The molecule has 0 saturated heterocycles. The maximum Gasteiger partial charge on any atom is 0.408 e. The number of nitrogens with zero attached hydrogens (tertiary/aromatic N) is 1. The third-order valence-electron chi connectivity index (χ3n) is 7.68. The molecule has 5 rings (SSSR count). The second-order valence-electron chi connectivity index (χ2n) is 11.3. The summed E-state index contributed by atoms with van der Waals surface area (Å²) < 4.78 is 5.49. The summed E-state index contributed by atoms with van der Waals surface area (Å²) in [5.74, 6) is 0.190. The van der Waals surface area contributed by atoms with Crippen LogP contribution in [0.15, 0.2) is 0 Å². The first-order valence-electron chi connectivity index (χ1n) is 11.2. The van der Waals surface area contributed by atoms with Crippen LogP contribution in [0.4, 0.5) is 4.79 Å². The Labute approximate surface area is 173 Å². The summed E-state index contributed by atoms with van der Waals surface area (Å²) in [6, 6.07) is 1.62. The fraction of sp³-hybridized carbons (Fsp3) is 0.870. The minimum Gasteiger partial charge on any atom is -0.444 e. The summed E-state index contributed by atoms with van der Waals surface area (Å²) in [5, 5.41) is 23.6. The topological polar surface area (TPSA) is 99.4 Å². The third-order valence-corrected chi connectivity index (χ3v) is 7.68. The van der Waals surface area contributed by atoms with Gasteiger partial charge in [-0.15, -0.1) is 0 Å². The molecule has 0 spiro atoms. The number of carbonyl (C=O) groups is 2. The van der Waals surface area contributed by atoms with Gasteiger partial charge in [0.15, 0.2) is 5.78 Å². The first-order chi connectivity index (χ1) is 13.5. The van der Waals surface area contributed by atoms with Crippen LogP contribution in [0.5, 0.6) is 0 Å². The van der Waals surface area contributed by atoms with Crippen molar-refractivity contribution < 1.29 is 19.4 Å². The van der Waals surface area contributed by atoms with E-state index in [4.69, 9.17) is 4.74 Å². The number of aliphatic hydroxyl groups is 1. The van der Waals surface area contributed by atoms with Gasteiger partial charge < -0.3 is 15.2 Å². The van der Waals surface area contributed by atoms with Gasteiger partial charge >= 0.3 is 6.09 Å². The lowest BCUT2D eigenvalue weighted by molar-refractivity contribution is -0.177. The molecule has 5 atom stereocenters. The SMILES string of the molecule is CC(C)(C)OC(=O)NC(C(=O)C1CCC[C@H]1C#N)C12CC3CC(CC(O)(C3)C1)C2. The molecule has 5 fully saturated rings. The van der Waals surface area contributed by atoms with Crippen LogP contribution in [0, 0.1) is 40.4 Å². The van der Waals surface area contributed by atoms with E-state index >= 15 is 0 Å². The smallest absolute Gasteiger partial charge is 0.408 e. The van der Waals surface area contributed by atoms with Gasteiger partial charge in [-0.1, -0.05) is 6.42 Å². The van der Waals surface area contributed by atoms with E-state index in [2.05, 4.69) is 11.4 Å². The molecule has 4 bridgehead atoms. The van der Waals surface area contributed by atoms with Crippen LogP contribution in [0.1, 0.15) is 78.6 Å². The number of hydrogen-bond donors (Lipinski definition) is 2. The maximum absolute atomic E-state index is 13.7. The normalized spacial score (nSPS) is 41.6. The average Bonchev–Trinajstić information content (AvgIpc) is 3.04. The van der Waals surface area contributed by atoms with Gasteiger partial charge in [-0.3, -0.25) is 4.79 Å². The van der Waals surface area contributed by atoms with Gasteiger partial charge in [0, 0.05) is 11.3 Å². The number of rotatable bonds is 4. The minimum absolute atomic E-state index is 0.0227. The first kappa shape index (κ1) is 20.7. The van der Waals surface area contributed by atoms with Crippen molar-refractivity contribution in [2.75, 3.05) is 0 Å². The molecule has 2 N–H and O–H groups in total. The molecule has 0 aromatic rings. The Kier molecular flexibility index (Phi) is 4.97. The second kappa shape index (κ2) is 6.97. The molecule has 6 heteroatoms. The Balaban J connectivity index is 1.64. The predicted octanol–water partition coefficient (Wildman–Crippen LogP) is 3.72. The maximum atomic E-state index is 13.7. The van der Waals surface area contributed by atoms with Crippen molar-refractivity contribution in [2.45, 2.75) is 95.8 Å². The molecular weight excluding hydrogens is 368 g/mol. The van der Waals surface area contributed by atoms with E-state index in [1.807, 2.05) is 0 Å². The van der Waals surface area contributed by atoms with Crippen molar-refractivity contribution in [2.24, 2.45) is 29.1 Å². The van der Waals surface area contributed by atoms with E-state index in [0.717, 1.165) is 44.9 Å². The summed E-state index contributed by atoms with van der Waals surface area (Å²) in [6.45, 7) is 5.42. The van der Waals surface area contributed by atoms with Crippen LogP contribution < -0.4 is 5.32 Å². The monoisotopic (exact) mass is 402 g/mol. The fourth-order valence-electron chi connectivity index (χ4n) is 7.24. The number of carbonyl (C=O) groups excluding carboxylic acids is 2. The highest BCUT2D eigenvalue weighted by molar-refractivity contribution is 5.91. The lowest BCUT2D eigenvalue weighted by atomic mass is 9.45. The highest BCUT2D eigenvalue weighted by Crippen LogP contribution is 2.63. The Morgan fingerprint density at radius 1 is 1.17 bits per heavy atom. The Morgan fingerprint density at radius 2 is 1.83 bits per heavy atom. The molecule has 5 saturated carbocycles.